The van der Waals surface area contributed by atoms with Gasteiger partial charge >= 0.3 is 0 Å². The molecular formula is C15H14N2O4. The second kappa shape index (κ2) is 4.80. The summed E-state index contributed by atoms with van der Waals surface area (Å²) < 4.78 is 15.7. The van der Waals surface area contributed by atoms with Crippen molar-refractivity contribution in [3.8, 4) is 11.5 Å². The highest BCUT2D eigenvalue weighted by atomic mass is 16.7. The molecule has 1 amide bonds. The van der Waals surface area contributed by atoms with E-state index in [1.165, 1.54) is 0 Å². The van der Waals surface area contributed by atoms with Gasteiger partial charge in [0.25, 0.3) is 0 Å². The summed E-state index contributed by atoms with van der Waals surface area (Å²) in [6, 6.07) is 5.50. The lowest BCUT2D eigenvalue weighted by Crippen LogP contribution is -2.14. The molecule has 1 aliphatic carbocycles. The third kappa shape index (κ3) is 2.22. The van der Waals surface area contributed by atoms with E-state index in [2.05, 4.69) is 10.5 Å². The van der Waals surface area contributed by atoms with Gasteiger partial charge in [0.15, 0.2) is 11.5 Å². The Bertz CT molecular complexity index is 708. The van der Waals surface area contributed by atoms with Gasteiger partial charge in [-0.3, -0.25) is 10.1 Å². The van der Waals surface area contributed by atoms with Gasteiger partial charge in [-0.15, -0.1) is 0 Å². The van der Waals surface area contributed by atoms with Gasteiger partial charge in [0.05, 0.1) is 12.1 Å². The molecule has 1 aliphatic heterocycles. The van der Waals surface area contributed by atoms with Crippen molar-refractivity contribution in [3.05, 3.63) is 35.0 Å². The number of hydrogen-bond donors (Lipinski definition) is 1. The highest BCUT2D eigenvalue weighted by molar-refractivity contribution is 5.91. The molecule has 0 fully saturated rings. The molecule has 0 bridgehead atoms. The van der Waals surface area contributed by atoms with Crippen molar-refractivity contribution in [2.75, 3.05) is 12.1 Å². The van der Waals surface area contributed by atoms with Gasteiger partial charge in [-0.1, -0.05) is 11.2 Å². The summed E-state index contributed by atoms with van der Waals surface area (Å²) in [5.41, 5.74) is 2.87. The first kappa shape index (κ1) is 12.3. The van der Waals surface area contributed by atoms with Crippen LogP contribution in [0.4, 0.5) is 5.88 Å². The number of carbonyl (C=O) groups is 1. The van der Waals surface area contributed by atoms with Crippen LogP contribution in [-0.2, 0) is 24.1 Å². The fourth-order valence-corrected chi connectivity index (χ4v) is 2.73. The van der Waals surface area contributed by atoms with Gasteiger partial charge in [-0.25, -0.2) is 0 Å². The molecule has 6 nitrogen and oxygen atoms in total. The SMILES string of the molecule is O=C(Cc1ccc2c(c1)OCO2)Nc1onc2c1CCC2. The van der Waals surface area contributed by atoms with Crippen molar-refractivity contribution in [3.63, 3.8) is 0 Å². The summed E-state index contributed by atoms with van der Waals surface area (Å²) in [6.45, 7) is 0.231. The number of carbonyl (C=O) groups excluding carboxylic acids is 1. The largest absolute Gasteiger partial charge is 0.454 e. The molecule has 6 heteroatoms. The topological polar surface area (TPSA) is 73.6 Å². The molecule has 4 rings (SSSR count). The van der Waals surface area contributed by atoms with Crippen LogP contribution in [0.5, 0.6) is 11.5 Å². The van der Waals surface area contributed by atoms with Crippen LogP contribution in [0.1, 0.15) is 23.2 Å². The third-order valence-electron chi connectivity index (χ3n) is 3.76. The molecule has 108 valence electrons. The van der Waals surface area contributed by atoms with E-state index >= 15 is 0 Å². The number of fused-ring (bicyclic) bond motifs is 2. The Labute approximate surface area is 121 Å². The van der Waals surface area contributed by atoms with Gasteiger partial charge in [0, 0.05) is 5.56 Å². The van der Waals surface area contributed by atoms with Crippen LogP contribution < -0.4 is 14.8 Å². The lowest BCUT2D eigenvalue weighted by molar-refractivity contribution is -0.115. The van der Waals surface area contributed by atoms with E-state index in [1.807, 2.05) is 18.2 Å². The first-order valence-electron chi connectivity index (χ1n) is 6.95. The first-order valence-corrected chi connectivity index (χ1v) is 6.95. The number of aromatic nitrogens is 1. The van der Waals surface area contributed by atoms with E-state index in [-0.39, 0.29) is 19.1 Å². The van der Waals surface area contributed by atoms with Gasteiger partial charge in [-0.05, 0) is 37.0 Å². The predicted octanol–water partition coefficient (Wildman–Crippen LogP) is 2.07. The molecule has 0 saturated carbocycles. The molecule has 21 heavy (non-hydrogen) atoms. The molecule has 2 aromatic rings. The average Bonchev–Trinajstić information content (AvgIpc) is 3.16. The van der Waals surface area contributed by atoms with E-state index in [4.69, 9.17) is 14.0 Å². The maximum atomic E-state index is 12.1. The van der Waals surface area contributed by atoms with E-state index in [1.54, 1.807) is 0 Å². The van der Waals surface area contributed by atoms with Gasteiger partial charge < -0.3 is 14.0 Å². The standard InChI is InChI=1S/C15H14N2O4/c18-14(16-15-10-2-1-3-11(10)17-21-15)7-9-4-5-12-13(6-9)20-8-19-12/h4-6H,1-3,7-8H2,(H,16,18). The molecule has 1 aromatic heterocycles. The molecule has 0 atom stereocenters. The van der Waals surface area contributed by atoms with Crippen LogP contribution >= 0.6 is 0 Å². The van der Waals surface area contributed by atoms with Gasteiger partial charge in [0.1, 0.15) is 0 Å². The molecule has 0 saturated heterocycles. The summed E-state index contributed by atoms with van der Waals surface area (Å²) in [6.07, 6.45) is 3.17. The van der Waals surface area contributed by atoms with Crippen LogP contribution in [0.2, 0.25) is 0 Å². The molecule has 0 spiro atoms. The van der Waals surface area contributed by atoms with E-state index in [0.717, 1.165) is 36.1 Å². The van der Waals surface area contributed by atoms with Crippen molar-refractivity contribution < 1.29 is 18.8 Å². The van der Waals surface area contributed by atoms with Crippen LogP contribution in [0.25, 0.3) is 0 Å². The minimum Gasteiger partial charge on any atom is -0.454 e. The van der Waals surface area contributed by atoms with E-state index in [9.17, 15) is 4.79 Å². The third-order valence-corrected chi connectivity index (χ3v) is 3.76. The molecular weight excluding hydrogens is 272 g/mol. The Hall–Kier alpha value is -2.50. The number of rotatable bonds is 3. The summed E-state index contributed by atoms with van der Waals surface area (Å²) in [5, 5.41) is 6.78. The zero-order valence-corrected chi connectivity index (χ0v) is 11.3. The molecule has 1 N–H and O–H groups in total. The number of ether oxygens (including phenoxy) is 2. The molecule has 2 heterocycles. The minimum atomic E-state index is -0.125. The smallest absolute Gasteiger partial charge is 0.234 e. The number of benzene rings is 1. The fraction of sp³-hybridized carbons (Fsp3) is 0.333. The van der Waals surface area contributed by atoms with Crippen molar-refractivity contribution in [2.45, 2.75) is 25.7 Å². The summed E-state index contributed by atoms with van der Waals surface area (Å²) in [4.78, 5) is 12.1. The van der Waals surface area contributed by atoms with Crippen molar-refractivity contribution in [2.24, 2.45) is 0 Å². The molecule has 2 aliphatic rings. The molecule has 1 aromatic carbocycles. The number of hydrogen-bond acceptors (Lipinski definition) is 5. The van der Waals surface area contributed by atoms with Gasteiger partial charge in [-0.2, -0.15) is 0 Å². The number of nitrogens with one attached hydrogen (secondary N) is 1. The Morgan fingerprint density at radius 2 is 2.14 bits per heavy atom. The maximum absolute atomic E-state index is 12.1. The summed E-state index contributed by atoms with van der Waals surface area (Å²) in [5.74, 6) is 1.76. The normalized spacial score (nSPS) is 15.0. The number of anilines is 1. The van der Waals surface area contributed by atoms with Crippen LogP contribution in [0.3, 0.4) is 0 Å². The second-order valence-corrected chi connectivity index (χ2v) is 5.20. The quantitative estimate of drug-likeness (QED) is 0.935. The fourth-order valence-electron chi connectivity index (χ4n) is 2.73. The monoisotopic (exact) mass is 286 g/mol. The first-order chi connectivity index (χ1) is 10.3. The zero-order chi connectivity index (χ0) is 14.2. The Balaban J connectivity index is 1.46. The highest BCUT2D eigenvalue weighted by Gasteiger charge is 2.22. The Kier molecular flexibility index (Phi) is 2.80. The molecule has 0 unspecified atom stereocenters. The van der Waals surface area contributed by atoms with E-state index < -0.39 is 0 Å². The summed E-state index contributed by atoms with van der Waals surface area (Å²) >= 11 is 0. The van der Waals surface area contributed by atoms with E-state index in [0.29, 0.717) is 17.4 Å². The lowest BCUT2D eigenvalue weighted by atomic mass is 10.1. The zero-order valence-electron chi connectivity index (χ0n) is 11.3. The van der Waals surface area contributed by atoms with Crippen molar-refractivity contribution in [1.29, 1.82) is 0 Å². The average molecular weight is 286 g/mol. The number of amides is 1. The maximum Gasteiger partial charge on any atom is 0.234 e. The second-order valence-electron chi connectivity index (χ2n) is 5.20. The van der Waals surface area contributed by atoms with Crippen LogP contribution in [0.15, 0.2) is 22.7 Å². The van der Waals surface area contributed by atoms with Crippen LogP contribution in [-0.4, -0.2) is 17.9 Å². The number of nitrogens with zero attached hydrogens (tertiary/aromatic N) is 1. The predicted molar refractivity (Wildman–Crippen MR) is 73.4 cm³/mol. The number of aryl methyl sites for hydroxylation is 1. The highest BCUT2D eigenvalue weighted by Crippen LogP contribution is 2.33. The van der Waals surface area contributed by atoms with Crippen molar-refractivity contribution in [1.82, 2.24) is 5.16 Å². The van der Waals surface area contributed by atoms with Crippen molar-refractivity contribution >= 4 is 11.8 Å². The Morgan fingerprint density at radius 3 is 3.10 bits per heavy atom. The Morgan fingerprint density at radius 1 is 1.24 bits per heavy atom. The lowest BCUT2D eigenvalue weighted by Gasteiger charge is -2.04. The van der Waals surface area contributed by atoms with Crippen LogP contribution in [0, 0.1) is 0 Å². The van der Waals surface area contributed by atoms with Gasteiger partial charge in [0.2, 0.25) is 18.6 Å². The summed E-state index contributed by atoms with van der Waals surface area (Å²) in [7, 11) is 0. The molecule has 0 radical (unpaired) electrons. The minimum absolute atomic E-state index is 0.125.